The quantitative estimate of drug-likeness (QED) is 0.662. The Balaban J connectivity index is 2.05. The minimum absolute atomic E-state index is 0.675. The fourth-order valence-electron chi connectivity index (χ4n) is 2.07. The number of hydrogen-bond acceptors (Lipinski definition) is 2. The lowest BCUT2D eigenvalue weighted by atomic mass is 10.1. The van der Waals surface area contributed by atoms with E-state index in [2.05, 4.69) is 36.2 Å². The highest BCUT2D eigenvalue weighted by molar-refractivity contribution is 5.64. The average Bonchev–Trinajstić information content (AvgIpc) is 2.83. The van der Waals surface area contributed by atoms with Gasteiger partial charge in [-0.2, -0.15) is 0 Å². The van der Waals surface area contributed by atoms with Crippen LogP contribution in [-0.2, 0) is 0 Å². The number of oxazole rings is 1. The van der Waals surface area contributed by atoms with E-state index < -0.39 is 0 Å². The van der Waals surface area contributed by atoms with E-state index in [1.54, 1.807) is 0 Å². The number of aryl methyl sites for hydroxylation is 2. The Morgan fingerprint density at radius 2 is 1.47 bits per heavy atom. The van der Waals surface area contributed by atoms with Crippen molar-refractivity contribution < 1.29 is 4.42 Å². The molecule has 0 fully saturated rings. The molecule has 0 unspecified atom stereocenters. The molecule has 0 aliphatic rings. The van der Waals surface area contributed by atoms with E-state index in [0.717, 1.165) is 22.6 Å². The van der Waals surface area contributed by atoms with Crippen LogP contribution < -0.4 is 0 Å². The Bertz CT molecular complexity index is 681. The van der Waals surface area contributed by atoms with Crippen LogP contribution in [0.15, 0.2) is 59.0 Å². The minimum atomic E-state index is 0.675. The van der Waals surface area contributed by atoms with Gasteiger partial charge in [0, 0.05) is 11.1 Å². The van der Waals surface area contributed by atoms with Crippen molar-refractivity contribution in [1.29, 1.82) is 0 Å². The largest absolute Gasteiger partial charge is 0.436 e. The third-order valence-electron chi connectivity index (χ3n) is 3.13. The van der Waals surface area contributed by atoms with Crippen molar-refractivity contribution in [1.82, 2.24) is 4.98 Å². The number of hydrogen-bond donors (Lipinski definition) is 0. The van der Waals surface area contributed by atoms with Gasteiger partial charge in [0.25, 0.3) is 0 Å². The number of rotatable bonds is 2. The first-order chi connectivity index (χ1) is 9.24. The van der Waals surface area contributed by atoms with Crippen LogP contribution in [-0.4, -0.2) is 4.98 Å². The van der Waals surface area contributed by atoms with Gasteiger partial charge >= 0.3 is 0 Å². The highest BCUT2D eigenvalue weighted by Crippen LogP contribution is 2.29. The molecule has 3 aromatic rings. The Labute approximate surface area is 112 Å². The molecule has 1 aromatic heterocycles. The van der Waals surface area contributed by atoms with E-state index in [1.165, 1.54) is 5.56 Å². The lowest BCUT2D eigenvalue weighted by Crippen LogP contribution is -1.79. The van der Waals surface area contributed by atoms with Crippen molar-refractivity contribution in [3.63, 3.8) is 0 Å². The van der Waals surface area contributed by atoms with Gasteiger partial charge in [0.15, 0.2) is 5.76 Å². The van der Waals surface area contributed by atoms with Crippen molar-refractivity contribution in [2.75, 3.05) is 0 Å². The summed E-state index contributed by atoms with van der Waals surface area (Å²) in [6.45, 7) is 4.05. The highest BCUT2D eigenvalue weighted by Gasteiger charge is 2.12. The molecule has 2 nitrogen and oxygen atoms in total. The zero-order chi connectivity index (χ0) is 13.2. The molecule has 0 spiro atoms. The van der Waals surface area contributed by atoms with E-state index in [-0.39, 0.29) is 0 Å². The SMILES string of the molecule is Cc1ccc(-c2oc(-c3ccccc3)nc2C)cc1. The molecule has 0 atom stereocenters. The molecule has 2 aromatic carbocycles. The molecule has 19 heavy (non-hydrogen) atoms. The van der Waals surface area contributed by atoms with Gasteiger partial charge in [-0.05, 0) is 26.0 Å². The van der Waals surface area contributed by atoms with Gasteiger partial charge in [0.1, 0.15) is 0 Å². The molecule has 0 aliphatic heterocycles. The first kappa shape index (κ1) is 11.7. The standard InChI is InChI=1S/C17H15NO/c1-12-8-10-14(11-9-12)16-13(2)18-17(19-16)15-6-4-3-5-7-15/h3-11H,1-2H3. The molecule has 94 valence electrons. The molecule has 0 radical (unpaired) electrons. The molecule has 0 saturated heterocycles. The maximum atomic E-state index is 5.92. The second kappa shape index (κ2) is 4.73. The van der Waals surface area contributed by atoms with Crippen molar-refractivity contribution in [2.24, 2.45) is 0 Å². The van der Waals surface area contributed by atoms with Crippen LogP contribution in [0.3, 0.4) is 0 Å². The smallest absolute Gasteiger partial charge is 0.226 e. The van der Waals surface area contributed by atoms with Gasteiger partial charge in [-0.25, -0.2) is 4.98 Å². The first-order valence-electron chi connectivity index (χ1n) is 6.34. The Morgan fingerprint density at radius 1 is 0.789 bits per heavy atom. The van der Waals surface area contributed by atoms with E-state index in [9.17, 15) is 0 Å². The summed E-state index contributed by atoms with van der Waals surface area (Å²) in [5.74, 6) is 1.52. The van der Waals surface area contributed by atoms with Crippen molar-refractivity contribution in [3.8, 4) is 22.8 Å². The van der Waals surface area contributed by atoms with E-state index in [0.29, 0.717) is 5.89 Å². The summed E-state index contributed by atoms with van der Waals surface area (Å²) in [5, 5.41) is 0. The zero-order valence-electron chi connectivity index (χ0n) is 11.1. The Kier molecular flexibility index (Phi) is 2.92. The van der Waals surface area contributed by atoms with E-state index in [4.69, 9.17) is 4.42 Å². The molecule has 0 bridgehead atoms. The summed E-state index contributed by atoms with van der Waals surface area (Å²) in [6.07, 6.45) is 0. The topological polar surface area (TPSA) is 26.0 Å². The average molecular weight is 249 g/mol. The molecule has 3 rings (SSSR count). The first-order valence-corrected chi connectivity index (χ1v) is 6.34. The van der Waals surface area contributed by atoms with Crippen molar-refractivity contribution in [2.45, 2.75) is 13.8 Å². The molecule has 0 amide bonds. The minimum Gasteiger partial charge on any atom is -0.436 e. The molecule has 0 aliphatic carbocycles. The number of nitrogens with zero attached hydrogens (tertiary/aromatic N) is 1. The summed E-state index contributed by atoms with van der Waals surface area (Å²) >= 11 is 0. The number of aromatic nitrogens is 1. The van der Waals surface area contributed by atoms with Crippen molar-refractivity contribution >= 4 is 0 Å². The summed E-state index contributed by atoms with van der Waals surface area (Å²) in [4.78, 5) is 4.51. The van der Waals surface area contributed by atoms with Gasteiger partial charge in [-0.15, -0.1) is 0 Å². The third-order valence-corrected chi connectivity index (χ3v) is 3.13. The van der Waals surface area contributed by atoms with Gasteiger partial charge in [0.2, 0.25) is 5.89 Å². The fourth-order valence-corrected chi connectivity index (χ4v) is 2.07. The summed E-state index contributed by atoms with van der Waals surface area (Å²) < 4.78 is 5.92. The maximum absolute atomic E-state index is 5.92. The number of benzene rings is 2. The molecular weight excluding hydrogens is 234 g/mol. The molecule has 2 heteroatoms. The second-order valence-corrected chi connectivity index (χ2v) is 4.67. The second-order valence-electron chi connectivity index (χ2n) is 4.67. The highest BCUT2D eigenvalue weighted by atomic mass is 16.4. The van der Waals surface area contributed by atoms with Gasteiger partial charge in [-0.1, -0.05) is 48.0 Å². The molecular formula is C17H15NO. The molecule has 0 saturated carbocycles. The maximum Gasteiger partial charge on any atom is 0.226 e. The van der Waals surface area contributed by atoms with Crippen LogP contribution in [0.4, 0.5) is 0 Å². The predicted molar refractivity (Wildman–Crippen MR) is 76.8 cm³/mol. The van der Waals surface area contributed by atoms with Gasteiger partial charge < -0.3 is 4.42 Å². The monoisotopic (exact) mass is 249 g/mol. The van der Waals surface area contributed by atoms with E-state index in [1.807, 2.05) is 37.3 Å². The van der Waals surface area contributed by atoms with Gasteiger partial charge in [0.05, 0.1) is 5.69 Å². The normalized spacial score (nSPS) is 10.6. The van der Waals surface area contributed by atoms with Crippen LogP contribution in [0.1, 0.15) is 11.3 Å². The summed E-state index contributed by atoms with van der Waals surface area (Å²) in [5.41, 5.74) is 4.23. The fraction of sp³-hybridized carbons (Fsp3) is 0.118. The summed E-state index contributed by atoms with van der Waals surface area (Å²) in [6, 6.07) is 18.3. The Morgan fingerprint density at radius 3 is 2.16 bits per heavy atom. The van der Waals surface area contributed by atoms with Gasteiger partial charge in [-0.3, -0.25) is 0 Å². The summed E-state index contributed by atoms with van der Waals surface area (Å²) in [7, 11) is 0. The zero-order valence-corrected chi connectivity index (χ0v) is 11.1. The lowest BCUT2D eigenvalue weighted by Gasteiger charge is -1.98. The van der Waals surface area contributed by atoms with Crippen LogP contribution in [0.25, 0.3) is 22.8 Å². The lowest BCUT2D eigenvalue weighted by molar-refractivity contribution is 0.588. The third kappa shape index (κ3) is 2.29. The van der Waals surface area contributed by atoms with Crippen molar-refractivity contribution in [3.05, 3.63) is 65.9 Å². The van der Waals surface area contributed by atoms with Crippen LogP contribution in [0, 0.1) is 13.8 Å². The molecule has 0 N–H and O–H groups in total. The predicted octanol–water partition coefficient (Wildman–Crippen LogP) is 4.63. The van der Waals surface area contributed by atoms with E-state index >= 15 is 0 Å². The van der Waals surface area contributed by atoms with Crippen LogP contribution in [0.2, 0.25) is 0 Å². The molecule has 1 heterocycles. The Hall–Kier alpha value is -2.35. The van der Waals surface area contributed by atoms with Crippen LogP contribution >= 0.6 is 0 Å². The van der Waals surface area contributed by atoms with Crippen LogP contribution in [0.5, 0.6) is 0 Å².